The Labute approximate surface area is 141 Å². The molecule has 0 fully saturated rings. The van der Waals surface area contributed by atoms with E-state index in [1.54, 1.807) is 12.4 Å². The second-order valence-electron chi connectivity index (χ2n) is 6.46. The van der Waals surface area contributed by atoms with Gasteiger partial charge >= 0.3 is 0 Å². The molecule has 0 saturated heterocycles. The molecule has 0 unspecified atom stereocenters. The number of carbonyl (C=O) groups is 1. The van der Waals surface area contributed by atoms with Crippen LogP contribution in [0.15, 0.2) is 41.2 Å². The van der Waals surface area contributed by atoms with Crippen molar-refractivity contribution in [2.75, 3.05) is 0 Å². The summed E-state index contributed by atoms with van der Waals surface area (Å²) in [7, 11) is 0. The van der Waals surface area contributed by atoms with Crippen LogP contribution in [0.3, 0.4) is 0 Å². The molecular formula is C18H22N4O2. The van der Waals surface area contributed by atoms with Crippen molar-refractivity contribution < 1.29 is 9.32 Å². The van der Waals surface area contributed by atoms with E-state index in [0.29, 0.717) is 24.1 Å². The first-order valence-corrected chi connectivity index (χ1v) is 8.33. The van der Waals surface area contributed by atoms with Gasteiger partial charge in [0.1, 0.15) is 6.04 Å². The van der Waals surface area contributed by atoms with E-state index in [4.69, 9.17) is 4.52 Å². The molecule has 2 aromatic rings. The average Bonchev–Trinajstić information content (AvgIpc) is 3.25. The van der Waals surface area contributed by atoms with Crippen LogP contribution in [0.2, 0.25) is 0 Å². The van der Waals surface area contributed by atoms with Crippen molar-refractivity contribution in [2.45, 2.75) is 39.2 Å². The van der Waals surface area contributed by atoms with Gasteiger partial charge in [-0.2, -0.15) is 4.98 Å². The largest absolute Gasteiger partial charge is 0.344 e. The number of allylic oxidation sites excluding steroid dienone is 2. The topological polar surface area (TPSA) is 80.9 Å². The molecule has 1 aliphatic carbocycles. The third kappa shape index (κ3) is 3.88. The highest BCUT2D eigenvalue weighted by Gasteiger charge is 2.26. The molecule has 3 rings (SSSR count). The molecular weight excluding hydrogens is 304 g/mol. The third-order valence-electron chi connectivity index (χ3n) is 4.17. The van der Waals surface area contributed by atoms with E-state index in [0.717, 1.165) is 18.4 Å². The number of carbonyl (C=O) groups excluding carboxylic acids is 1. The molecule has 0 radical (unpaired) electrons. The Morgan fingerprint density at radius 2 is 2.33 bits per heavy atom. The van der Waals surface area contributed by atoms with Crippen LogP contribution in [0.1, 0.15) is 45.0 Å². The molecule has 6 heteroatoms. The second kappa shape index (κ2) is 7.38. The molecule has 2 aromatic heterocycles. The Hall–Kier alpha value is -2.50. The number of nitrogens with zero attached hydrogens (tertiary/aromatic N) is 3. The lowest BCUT2D eigenvalue weighted by Gasteiger charge is -2.19. The molecule has 0 aliphatic heterocycles. The smallest absolute Gasteiger partial charge is 0.249 e. The van der Waals surface area contributed by atoms with Crippen LogP contribution >= 0.6 is 0 Å². The third-order valence-corrected chi connectivity index (χ3v) is 4.17. The fourth-order valence-corrected chi connectivity index (χ4v) is 2.82. The molecule has 2 atom stereocenters. The molecule has 1 amide bonds. The van der Waals surface area contributed by atoms with E-state index in [1.165, 1.54) is 0 Å². The van der Waals surface area contributed by atoms with Crippen molar-refractivity contribution in [3.05, 3.63) is 42.6 Å². The summed E-state index contributed by atoms with van der Waals surface area (Å²) in [5.74, 6) is 1.42. The lowest BCUT2D eigenvalue weighted by atomic mass is 10.0. The summed E-state index contributed by atoms with van der Waals surface area (Å²) in [5.41, 5.74) is 0.789. The van der Waals surface area contributed by atoms with Gasteiger partial charge in [0.25, 0.3) is 0 Å². The normalized spacial score (nSPS) is 18.0. The van der Waals surface area contributed by atoms with E-state index in [-0.39, 0.29) is 17.9 Å². The highest BCUT2D eigenvalue weighted by molar-refractivity contribution is 5.76. The summed E-state index contributed by atoms with van der Waals surface area (Å²) in [6, 6.07) is 3.40. The van der Waals surface area contributed by atoms with Crippen molar-refractivity contribution in [3.63, 3.8) is 0 Å². The minimum Gasteiger partial charge on any atom is -0.344 e. The summed E-state index contributed by atoms with van der Waals surface area (Å²) in [6.45, 7) is 4.04. The summed E-state index contributed by atoms with van der Waals surface area (Å²) in [4.78, 5) is 20.8. The molecule has 1 aliphatic rings. The quantitative estimate of drug-likeness (QED) is 0.824. The number of hydrogen-bond donors (Lipinski definition) is 1. The second-order valence-corrected chi connectivity index (χ2v) is 6.46. The molecule has 0 saturated carbocycles. The maximum Gasteiger partial charge on any atom is 0.249 e. The summed E-state index contributed by atoms with van der Waals surface area (Å²) in [5, 5.41) is 7.05. The van der Waals surface area contributed by atoms with Crippen LogP contribution in [0.25, 0.3) is 11.4 Å². The SMILES string of the molecule is CC(C)[C@@H](NC(=O)C[C@H]1C=CCC1)c1nc(-c2cccnc2)no1. The first-order valence-electron chi connectivity index (χ1n) is 8.33. The Bertz CT molecular complexity index is 709. The fraction of sp³-hybridized carbons (Fsp3) is 0.444. The number of rotatable bonds is 6. The number of aromatic nitrogens is 3. The monoisotopic (exact) mass is 326 g/mol. The lowest BCUT2D eigenvalue weighted by Crippen LogP contribution is -2.32. The van der Waals surface area contributed by atoms with Gasteiger partial charge in [0, 0.05) is 24.4 Å². The molecule has 0 aromatic carbocycles. The zero-order valence-electron chi connectivity index (χ0n) is 14.0. The first kappa shape index (κ1) is 16.4. The number of nitrogens with one attached hydrogen (secondary N) is 1. The average molecular weight is 326 g/mol. The van der Waals surface area contributed by atoms with Crippen molar-refractivity contribution in [1.82, 2.24) is 20.4 Å². The zero-order valence-corrected chi connectivity index (χ0v) is 14.0. The molecule has 0 bridgehead atoms. The predicted molar refractivity (Wildman–Crippen MR) is 89.7 cm³/mol. The van der Waals surface area contributed by atoms with Crippen LogP contribution in [0.5, 0.6) is 0 Å². The minimum absolute atomic E-state index is 0.0198. The van der Waals surface area contributed by atoms with Gasteiger partial charge in [-0.3, -0.25) is 9.78 Å². The Kier molecular flexibility index (Phi) is 5.03. The van der Waals surface area contributed by atoms with Crippen LogP contribution in [0, 0.1) is 11.8 Å². The molecule has 2 heterocycles. The van der Waals surface area contributed by atoms with Gasteiger partial charge in [0.2, 0.25) is 17.6 Å². The Morgan fingerprint density at radius 1 is 1.46 bits per heavy atom. The van der Waals surface area contributed by atoms with Gasteiger partial charge in [-0.05, 0) is 36.8 Å². The van der Waals surface area contributed by atoms with Gasteiger partial charge in [0.15, 0.2) is 0 Å². The van der Waals surface area contributed by atoms with Gasteiger partial charge in [0.05, 0.1) is 0 Å². The van der Waals surface area contributed by atoms with E-state index in [2.05, 4.69) is 32.6 Å². The Morgan fingerprint density at radius 3 is 3.00 bits per heavy atom. The van der Waals surface area contributed by atoms with Crippen molar-refractivity contribution in [2.24, 2.45) is 11.8 Å². The number of pyridine rings is 1. The van der Waals surface area contributed by atoms with Crippen LogP contribution in [-0.4, -0.2) is 21.0 Å². The minimum atomic E-state index is -0.291. The van der Waals surface area contributed by atoms with E-state index < -0.39 is 0 Å². The van der Waals surface area contributed by atoms with Crippen molar-refractivity contribution in [3.8, 4) is 11.4 Å². The molecule has 126 valence electrons. The van der Waals surface area contributed by atoms with E-state index in [9.17, 15) is 4.79 Å². The molecule has 0 spiro atoms. The van der Waals surface area contributed by atoms with Gasteiger partial charge in [-0.15, -0.1) is 0 Å². The first-order chi connectivity index (χ1) is 11.6. The van der Waals surface area contributed by atoms with Crippen molar-refractivity contribution in [1.29, 1.82) is 0 Å². The standard InChI is InChI=1S/C18H22N4O2/c1-12(2)16(20-15(23)10-13-6-3-4-7-13)18-21-17(22-24-18)14-8-5-9-19-11-14/h3,5-6,8-9,11-13,16H,4,7,10H2,1-2H3,(H,20,23)/t13-,16+/m0/s1. The molecule has 24 heavy (non-hydrogen) atoms. The zero-order chi connectivity index (χ0) is 16.9. The highest BCUT2D eigenvalue weighted by Crippen LogP contribution is 2.25. The summed E-state index contributed by atoms with van der Waals surface area (Å²) in [6.07, 6.45) is 10.2. The maximum atomic E-state index is 12.3. The van der Waals surface area contributed by atoms with E-state index >= 15 is 0 Å². The maximum absolute atomic E-state index is 12.3. The lowest BCUT2D eigenvalue weighted by molar-refractivity contribution is -0.123. The number of amides is 1. The molecule has 6 nitrogen and oxygen atoms in total. The van der Waals surface area contributed by atoms with Crippen LogP contribution in [-0.2, 0) is 4.79 Å². The number of hydrogen-bond acceptors (Lipinski definition) is 5. The predicted octanol–water partition coefficient (Wildman–Crippen LogP) is 3.30. The summed E-state index contributed by atoms with van der Waals surface area (Å²) >= 11 is 0. The highest BCUT2D eigenvalue weighted by atomic mass is 16.5. The Balaban J connectivity index is 1.70. The van der Waals surface area contributed by atoms with Gasteiger partial charge < -0.3 is 9.84 Å². The van der Waals surface area contributed by atoms with Crippen molar-refractivity contribution >= 4 is 5.91 Å². The summed E-state index contributed by atoms with van der Waals surface area (Å²) < 4.78 is 5.40. The van der Waals surface area contributed by atoms with Gasteiger partial charge in [-0.1, -0.05) is 31.2 Å². The molecule has 1 N–H and O–H groups in total. The van der Waals surface area contributed by atoms with Gasteiger partial charge in [-0.25, -0.2) is 0 Å². The van der Waals surface area contributed by atoms with E-state index in [1.807, 2.05) is 26.0 Å². The fourth-order valence-electron chi connectivity index (χ4n) is 2.82. The van der Waals surface area contributed by atoms with Crippen LogP contribution in [0.4, 0.5) is 0 Å². The van der Waals surface area contributed by atoms with Crippen LogP contribution < -0.4 is 5.32 Å².